The van der Waals surface area contributed by atoms with Crippen LogP contribution in [-0.2, 0) is 15.0 Å². The summed E-state index contributed by atoms with van der Waals surface area (Å²) in [4.78, 5) is 0. The molecule has 0 heterocycles. The van der Waals surface area contributed by atoms with Crippen molar-refractivity contribution in [2.75, 3.05) is 7.11 Å². The van der Waals surface area contributed by atoms with Crippen LogP contribution in [0.25, 0.3) is 0 Å². The summed E-state index contributed by atoms with van der Waals surface area (Å²) in [5.74, 6) is -1.23. The van der Waals surface area contributed by atoms with Crippen LogP contribution in [0.15, 0.2) is 11.8 Å². The van der Waals surface area contributed by atoms with E-state index in [0.29, 0.717) is 6.08 Å². The van der Waals surface area contributed by atoms with Crippen LogP contribution >= 0.6 is 0 Å². The van der Waals surface area contributed by atoms with E-state index in [1.54, 1.807) is 0 Å². The lowest BCUT2D eigenvalue weighted by Gasteiger charge is -2.13. The van der Waals surface area contributed by atoms with E-state index < -0.39 is 21.2 Å². The summed E-state index contributed by atoms with van der Waals surface area (Å²) in [6.07, 6.45) is 0.678. The van der Waals surface area contributed by atoms with Crippen molar-refractivity contribution in [1.29, 1.82) is 0 Å². The van der Waals surface area contributed by atoms with E-state index in [2.05, 4.69) is 4.74 Å². The van der Waals surface area contributed by atoms with E-state index in [9.17, 15) is 21.1 Å². The Kier molecular flexibility index (Phi) is 3.14. The molecule has 0 aromatic carbocycles. The van der Waals surface area contributed by atoms with Gasteiger partial charge in [0.25, 0.3) is 0 Å². The van der Waals surface area contributed by atoms with E-state index in [0.717, 1.165) is 14.0 Å². The second-order valence-electron chi connectivity index (χ2n) is 1.81. The molecule has 0 rings (SSSR count). The quantitative estimate of drug-likeness (QED) is 0.516. The molecule has 72 valence electrons. The lowest BCUT2D eigenvalue weighted by Crippen LogP contribution is -2.28. The second-order valence-corrected chi connectivity index (χ2v) is 3.20. The van der Waals surface area contributed by atoms with Gasteiger partial charge in [-0.2, -0.15) is 17.2 Å². The van der Waals surface area contributed by atoms with Crippen molar-refractivity contribution in [2.24, 2.45) is 0 Å². The van der Waals surface area contributed by atoms with Gasteiger partial charge in [-0.05, 0) is 13.0 Å². The monoisotopic (exact) mass is 204 g/mol. The first-order chi connectivity index (χ1) is 5.27. The molecule has 0 saturated carbocycles. The van der Waals surface area contributed by atoms with Gasteiger partial charge in [0.2, 0.25) is 0 Å². The summed E-state index contributed by atoms with van der Waals surface area (Å²) in [6.45, 7) is 1.11. The highest BCUT2D eigenvalue weighted by Crippen LogP contribution is 2.31. The zero-order valence-electron chi connectivity index (χ0n) is 6.34. The molecule has 0 aliphatic carbocycles. The number of rotatable bonds is 3. The summed E-state index contributed by atoms with van der Waals surface area (Å²) >= 11 is 0. The molecule has 0 spiro atoms. The molecule has 0 amide bonds. The van der Waals surface area contributed by atoms with Crippen molar-refractivity contribution in [1.82, 2.24) is 0 Å². The van der Waals surface area contributed by atoms with E-state index in [4.69, 9.17) is 0 Å². The van der Waals surface area contributed by atoms with Crippen LogP contribution < -0.4 is 0 Å². The second kappa shape index (κ2) is 3.34. The lowest BCUT2D eigenvalue weighted by molar-refractivity contribution is 0.0590. The molecule has 0 N–H and O–H groups in total. The number of hydrogen-bond donors (Lipinski definition) is 0. The normalized spacial score (nSPS) is 14.6. The van der Waals surface area contributed by atoms with Crippen molar-refractivity contribution in [3.8, 4) is 0 Å². The zero-order valence-corrected chi connectivity index (χ0v) is 7.16. The molecule has 0 fully saturated rings. The van der Waals surface area contributed by atoms with Gasteiger partial charge >= 0.3 is 15.5 Å². The smallest absolute Gasteiger partial charge is 0.429 e. The van der Waals surface area contributed by atoms with E-state index in [1.165, 1.54) is 0 Å². The molecule has 0 aliphatic rings. The highest BCUT2D eigenvalue weighted by molar-refractivity contribution is 7.87. The summed E-state index contributed by atoms with van der Waals surface area (Å²) in [5.41, 5.74) is 0. The van der Waals surface area contributed by atoms with Gasteiger partial charge < -0.3 is 4.74 Å². The number of methoxy groups -OCH3 is 1. The van der Waals surface area contributed by atoms with Crippen LogP contribution in [0.5, 0.6) is 0 Å². The first kappa shape index (κ1) is 11.3. The maximum absolute atomic E-state index is 12.4. The van der Waals surface area contributed by atoms with Crippen LogP contribution in [-0.4, -0.2) is 20.8 Å². The molecule has 12 heavy (non-hydrogen) atoms. The van der Waals surface area contributed by atoms with Gasteiger partial charge in [0.05, 0.1) is 7.11 Å². The van der Waals surface area contributed by atoms with Crippen LogP contribution in [0.4, 0.5) is 12.7 Å². The van der Waals surface area contributed by atoms with E-state index >= 15 is 0 Å². The van der Waals surface area contributed by atoms with E-state index in [-0.39, 0.29) is 0 Å². The molecule has 0 radical (unpaired) electrons. The predicted octanol–water partition coefficient (Wildman–Crippen LogP) is 1.43. The van der Waals surface area contributed by atoms with Gasteiger partial charge in [-0.25, -0.2) is 0 Å². The topological polar surface area (TPSA) is 43.4 Å². The first-order valence-electron chi connectivity index (χ1n) is 2.80. The van der Waals surface area contributed by atoms with Gasteiger partial charge in [-0.3, -0.25) is 0 Å². The van der Waals surface area contributed by atoms with Gasteiger partial charge in [0, 0.05) is 0 Å². The third-order valence-corrected chi connectivity index (χ3v) is 1.89. The minimum Gasteiger partial charge on any atom is -0.494 e. The number of halogens is 3. The van der Waals surface area contributed by atoms with Gasteiger partial charge in [0.15, 0.2) is 5.76 Å². The fourth-order valence-corrected chi connectivity index (χ4v) is 0.966. The molecule has 3 nitrogen and oxygen atoms in total. The Bertz CT molecular complexity index is 280. The summed E-state index contributed by atoms with van der Waals surface area (Å²) in [7, 11) is -5.12. The maximum Gasteiger partial charge on any atom is 0.429 e. The first-order valence-corrected chi connectivity index (χ1v) is 4.18. The summed E-state index contributed by atoms with van der Waals surface area (Å²) in [5, 5.41) is -4.60. The van der Waals surface area contributed by atoms with Crippen molar-refractivity contribution in [3.05, 3.63) is 11.8 Å². The highest BCUT2D eigenvalue weighted by atomic mass is 32.3. The minimum atomic E-state index is -5.95. The number of alkyl halides is 2. The molecule has 7 heteroatoms. The molecule has 0 unspecified atom stereocenters. The molecular formula is C5H7F3O3S. The fourth-order valence-electron chi connectivity index (χ4n) is 0.525. The third kappa shape index (κ3) is 1.90. The number of hydrogen-bond acceptors (Lipinski definition) is 3. The average Bonchev–Trinajstić information content (AvgIpc) is 1.87. The Balaban J connectivity index is 5.12. The fraction of sp³-hybridized carbons (Fsp3) is 0.600. The van der Waals surface area contributed by atoms with Crippen molar-refractivity contribution < 1.29 is 25.8 Å². The van der Waals surface area contributed by atoms with Crippen LogP contribution in [0.1, 0.15) is 6.92 Å². The Hall–Kier alpha value is -0.720. The molecule has 0 aromatic heterocycles. The Morgan fingerprint density at radius 2 is 1.92 bits per heavy atom. The maximum atomic E-state index is 12.4. The Morgan fingerprint density at radius 1 is 1.50 bits per heavy atom. The van der Waals surface area contributed by atoms with Crippen molar-refractivity contribution in [3.63, 3.8) is 0 Å². The van der Waals surface area contributed by atoms with Crippen molar-refractivity contribution >= 4 is 10.2 Å². The van der Waals surface area contributed by atoms with Crippen LogP contribution in [0.3, 0.4) is 0 Å². The summed E-state index contributed by atoms with van der Waals surface area (Å²) < 4.78 is 60.5. The molecule has 0 atom stereocenters. The largest absolute Gasteiger partial charge is 0.494 e. The number of ether oxygens (including phenoxy) is 1. The van der Waals surface area contributed by atoms with Crippen LogP contribution in [0.2, 0.25) is 0 Å². The molecule has 0 saturated heterocycles. The van der Waals surface area contributed by atoms with Gasteiger partial charge in [-0.15, -0.1) is 0 Å². The average molecular weight is 204 g/mol. The van der Waals surface area contributed by atoms with Gasteiger partial charge in [-0.1, -0.05) is 3.89 Å². The highest BCUT2D eigenvalue weighted by Gasteiger charge is 2.50. The van der Waals surface area contributed by atoms with Gasteiger partial charge in [0.1, 0.15) is 0 Å². The predicted molar refractivity (Wildman–Crippen MR) is 35.7 cm³/mol. The lowest BCUT2D eigenvalue weighted by atomic mass is 10.5. The molecular weight excluding hydrogens is 197 g/mol. The third-order valence-electron chi connectivity index (χ3n) is 1.08. The molecule has 0 aliphatic heterocycles. The minimum absolute atomic E-state index is 0.678. The molecule has 0 aromatic rings. The van der Waals surface area contributed by atoms with Crippen LogP contribution in [0, 0.1) is 0 Å². The Morgan fingerprint density at radius 3 is 2.00 bits per heavy atom. The number of allylic oxidation sites excluding steroid dienone is 1. The Labute approximate surface area is 68.0 Å². The SMILES string of the molecule is C/C=C(\OC)C(F)(F)S(=O)(=O)F. The zero-order chi connectivity index (χ0) is 9.99. The van der Waals surface area contributed by atoms with Crippen molar-refractivity contribution in [2.45, 2.75) is 12.2 Å². The standard InChI is InChI=1S/C5H7F3O3S/c1-3-4(11-2)5(6,7)12(8,9)10/h3H,1-2H3/b4-3-. The molecule has 0 bridgehead atoms. The van der Waals surface area contributed by atoms with E-state index in [1.807, 2.05) is 0 Å². The summed E-state index contributed by atoms with van der Waals surface area (Å²) in [6, 6.07) is 0.